The van der Waals surface area contributed by atoms with Gasteiger partial charge in [0.1, 0.15) is 6.10 Å². The van der Waals surface area contributed by atoms with Crippen molar-refractivity contribution < 1.29 is 5.11 Å². The topological polar surface area (TPSA) is 46.2 Å². The Morgan fingerprint density at radius 2 is 1.24 bits per heavy atom. The lowest BCUT2D eigenvalue weighted by Gasteiger charge is -2.14. The second-order valence-corrected chi connectivity index (χ2v) is 5.34. The molecule has 2 heteroatoms. The summed E-state index contributed by atoms with van der Waals surface area (Å²) in [5, 5.41) is 10.7. The lowest BCUT2D eigenvalue weighted by atomic mass is 9.94. The molecule has 1 aliphatic carbocycles. The lowest BCUT2D eigenvalue weighted by molar-refractivity contribution is 0.226. The highest BCUT2D eigenvalue weighted by Gasteiger charge is 2.29. The average molecular weight is 273 g/mol. The molecule has 0 amide bonds. The number of hydrogen-bond acceptors (Lipinski definition) is 2. The number of para-hydroxylation sites is 1. The summed E-state index contributed by atoms with van der Waals surface area (Å²) in [7, 11) is 0. The Bertz CT molecular complexity index is 838. The van der Waals surface area contributed by atoms with E-state index in [1.807, 2.05) is 54.6 Å². The SMILES string of the molecule is Nc1ccccc1-c1cccc2c1C(O)c1ccccc1-2. The number of hydrogen-bond donors (Lipinski definition) is 2. The maximum Gasteiger partial charge on any atom is 0.106 e. The van der Waals surface area contributed by atoms with Gasteiger partial charge in [-0.2, -0.15) is 0 Å². The van der Waals surface area contributed by atoms with Gasteiger partial charge in [0.2, 0.25) is 0 Å². The first-order chi connectivity index (χ1) is 10.3. The minimum Gasteiger partial charge on any atom is -0.398 e. The van der Waals surface area contributed by atoms with Crippen LogP contribution in [0.25, 0.3) is 22.3 Å². The van der Waals surface area contributed by atoms with Crippen LogP contribution in [-0.2, 0) is 0 Å². The van der Waals surface area contributed by atoms with Crippen molar-refractivity contribution in [3.63, 3.8) is 0 Å². The van der Waals surface area contributed by atoms with Gasteiger partial charge in [-0.15, -0.1) is 0 Å². The maximum atomic E-state index is 10.7. The van der Waals surface area contributed by atoms with Gasteiger partial charge in [-0.1, -0.05) is 60.7 Å². The first-order valence-electron chi connectivity index (χ1n) is 7.02. The maximum absolute atomic E-state index is 10.7. The van der Waals surface area contributed by atoms with Crippen molar-refractivity contribution >= 4 is 5.69 Å². The fourth-order valence-electron chi connectivity index (χ4n) is 3.21. The number of fused-ring (bicyclic) bond motifs is 3. The molecule has 2 nitrogen and oxygen atoms in total. The van der Waals surface area contributed by atoms with Gasteiger partial charge in [-0.05, 0) is 28.3 Å². The van der Waals surface area contributed by atoms with E-state index < -0.39 is 6.10 Å². The summed E-state index contributed by atoms with van der Waals surface area (Å²) >= 11 is 0. The highest BCUT2D eigenvalue weighted by molar-refractivity contribution is 5.88. The highest BCUT2D eigenvalue weighted by atomic mass is 16.3. The standard InChI is InChI=1S/C19H15NO/c20-17-11-4-3-7-13(17)15-10-5-9-14-12-6-1-2-8-16(12)19(21)18(14)15/h1-11,19,21H,20H2. The number of aliphatic hydroxyl groups excluding tert-OH is 1. The molecule has 1 unspecified atom stereocenters. The Kier molecular flexibility index (Phi) is 2.59. The number of aliphatic hydroxyl groups is 1. The molecule has 4 rings (SSSR count). The molecule has 3 aromatic rings. The van der Waals surface area contributed by atoms with E-state index in [-0.39, 0.29) is 0 Å². The summed E-state index contributed by atoms with van der Waals surface area (Å²) in [6.45, 7) is 0. The van der Waals surface area contributed by atoms with Crippen molar-refractivity contribution in [1.29, 1.82) is 0 Å². The van der Waals surface area contributed by atoms with Crippen LogP contribution in [0.15, 0.2) is 66.7 Å². The normalized spacial score (nSPS) is 15.6. The molecule has 0 saturated carbocycles. The third kappa shape index (κ3) is 1.70. The van der Waals surface area contributed by atoms with E-state index in [1.165, 1.54) is 0 Å². The Labute approximate surface area is 123 Å². The molecule has 1 atom stereocenters. The Balaban J connectivity index is 2.01. The van der Waals surface area contributed by atoms with Crippen molar-refractivity contribution in [2.24, 2.45) is 0 Å². The highest BCUT2D eigenvalue weighted by Crippen LogP contribution is 2.47. The molecule has 0 heterocycles. The molecule has 3 N–H and O–H groups in total. The van der Waals surface area contributed by atoms with Gasteiger partial charge in [0.05, 0.1) is 0 Å². The number of rotatable bonds is 1. The monoisotopic (exact) mass is 273 g/mol. The fourth-order valence-corrected chi connectivity index (χ4v) is 3.21. The molecule has 1 aliphatic rings. The van der Waals surface area contributed by atoms with Crippen LogP contribution < -0.4 is 5.73 Å². The molecular weight excluding hydrogens is 258 g/mol. The van der Waals surface area contributed by atoms with Crippen molar-refractivity contribution in [3.05, 3.63) is 77.9 Å². The summed E-state index contributed by atoms with van der Waals surface area (Å²) < 4.78 is 0. The van der Waals surface area contributed by atoms with Crippen molar-refractivity contribution in [2.75, 3.05) is 5.73 Å². The Hall–Kier alpha value is -2.58. The molecule has 0 aliphatic heterocycles. The predicted molar refractivity (Wildman–Crippen MR) is 85.8 cm³/mol. The molecule has 0 spiro atoms. The van der Waals surface area contributed by atoms with Gasteiger partial charge < -0.3 is 10.8 Å². The quantitative estimate of drug-likeness (QED) is 0.658. The van der Waals surface area contributed by atoms with Crippen LogP contribution in [0.4, 0.5) is 5.69 Å². The first-order valence-corrected chi connectivity index (χ1v) is 7.02. The van der Waals surface area contributed by atoms with Gasteiger partial charge in [0.25, 0.3) is 0 Å². The summed E-state index contributed by atoms with van der Waals surface area (Å²) in [5.41, 5.74) is 13.0. The Morgan fingerprint density at radius 1 is 0.667 bits per heavy atom. The average Bonchev–Trinajstić information content (AvgIpc) is 2.82. The number of anilines is 1. The molecule has 0 aromatic heterocycles. The molecule has 0 fully saturated rings. The van der Waals surface area contributed by atoms with E-state index in [4.69, 9.17) is 5.73 Å². The van der Waals surface area contributed by atoms with E-state index in [2.05, 4.69) is 12.1 Å². The number of nitrogens with two attached hydrogens (primary N) is 1. The van der Waals surface area contributed by atoms with Crippen LogP contribution in [0.3, 0.4) is 0 Å². The van der Waals surface area contributed by atoms with E-state index >= 15 is 0 Å². The van der Waals surface area contributed by atoms with Crippen molar-refractivity contribution in [3.8, 4) is 22.3 Å². The number of benzene rings is 3. The van der Waals surface area contributed by atoms with Crippen LogP contribution in [0, 0.1) is 0 Å². The minimum atomic E-state index is -0.591. The van der Waals surface area contributed by atoms with Gasteiger partial charge in [0.15, 0.2) is 0 Å². The van der Waals surface area contributed by atoms with E-state index in [1.54, 1.807) is 0 Å². The summed E-state index contributed by atoms with van der Waals surface area (Å²) in [4.78, 5) is 0. The van der Waals surface area contributed by atoms with Gasteiger partial charge >= 0.3 is 0 Å². The zero-order valence-corrected chi connectivity index (χ0v) is 11.5. The zero-order valence-electron chi connectivity index (χ0n) is 11.5. The fraction of sp³-hybridized carbons (Fsp3) is 0.0526. The van der Waals surface area contributed by atoms with Crippen molar-refractivity contribution in [2.45, 2.75) is 6.10 Å². The molecule has 0 saturated heterocycles. The van der Waals surface area contributed by atoms with Crippen LogP contribution in [0.5, 0.6) is 0 Å². The lowest BCUT2D eigenvalue weighted by Crippen LogP contribution is -1.98. The van der Waals surface area contributed by atoms with Crippen molar-refractivity contribution in [1.82, 2.24) is 0 Å². The largest absolute Gasteiger partial charge is 0.398 e. The first kappa shape index (κ1) is 12.2. The second-order valence-electron chi connectivity index (χ2n) is 5.34. The second kappa shape index (κ2) is 4.47. The van der Waals surface area contributed by atoms with Gasteiger partial charge in [-0.3, -0.25) is 0 Å². The van der Waals surface area contributed by atoms with Crippen LogP contribution in [-0.4, -0.2) is 5.11 Å². The van der Waals surface area contributed by atoms with Crippen LogP contribution >= 0.6 is 0 Å². The Morgan fingerprint density at radius 3 is 2.00 bits per heavy atom. The molecule has 3 aromatic carbocycles. The molecular formula is C19H15NO. The van der Waals surface area contributed by atoms with E-state index in [0.29, 0.717) is 0 Å². The minimum absolute atomic E-state index is 0.591. The van der Waals surface area contributed by atoms with Crippen LogP contribution in [0.1, 0.15) is 17.2 Å². The summed E-state index contributed by atoms with van der Waals surface area (Å²) in [5.74, 6) is 0. The summed E-state index contributed by atoms with van der Waals surface area (Å²) in [6.07, 6.45) is -0.591. The molecule has 0 bridgehead atoms. The van der Waals surface area contributed by atoms with Gasteiger partial charge in [-0.25, -0.2) is 0 Å². The zero-order chi connectivity index (χ0) is 14.4. The third-order valence-electron chi connectivity index (χ3n) is 4.18. The molecule has 102 valence electrons. The molecule has 0 radical (unpaired) electrons. The summed E-state index contributed by atoms with van der Waals surface area (Å²) in [6, 6.07) is 21.9. The smallest absolute Gasteiger partial charge is 0.106 e. The molecule has 21 heavy (non-hydrogen) atoms. The van der Waals surface area contributed by atoms with Crippen LogP contribution in [0.2, 0.25) is 0 Å². The number of nitrogen functional groups attached to an aromatic ring is 1. The third-order valence-corrected chi connectivity index (χ3v) is 4.18. The van der Waals surface area contributed by atoms with E-state index in [9.17, 15) is 5.11 Å². The van der Waals surface area contributed by atoms with E-state index in [0.717, 1.165) is 39.1 Å². The van der Waals surface area contributed by atoms with Gasteiger partial charge in [0, 0.05) is 16.8 Å². The predicted octanol–water partition coefficient (Wildman–Crippen LogP) is 4.00.